The summed E-state index contributed by atoms with van der Waals surface area (Å²) < 4.78 is 0. The zero-order valence-corrected chi connectivity index (χ0v) is 11.2. The molecule has 0 bridgehead atoms. The van der Waals surface area contributed by atoms with Crippen molar-refractivity contribution in [3.05, 3.63) is 46.6 Å². The van der Waals surface area contributed by atoms with E-state index in [1.54, 1.807) is 12.1 Å². The van der Waals surface area contributed by atoms with Crippen LogP contribution in [0.3, 0.4) is 0 Å². The molecule has 3 aromatic rings. The SMILES string of the molecule is N#Cc1ccc(Nc2nc(Cl)nc3sccc23)cc1. The van der Waals surface area contributed by atoms with Crippen LogP contribution in [0.25, 0.3) is 10.2 Å². The quantitative estimate of drug-likeness (QED) is 0.724. The second kappa shape index (κ2) is 4.84. The molecule has 1 aromatic carbocycles. The first-order valence-electron chi connectivity index (χ1n) is 5.44. The second-order valence-corrected chi connectivity index (χ2v) is 5.03. The number of nitriles is 1. The van der Waals surface area contributed by atoms with Crippen molar-refractivity contribution in [2.75, 3.05) is 5.32 Å². The summed E-state index contributed by atoms with van der Waals surface area (Å²) >= 11 is 7.41. The van der Waals surface area contributed by atoms with Crippen LogP contribution in [0, 0.1) is 11.3 Å². The highest BCUT2D eigenvalue weighted by Crippen LogP contribution is 2.28. The molecule has 0 saturated heterocycles. The van der Waals surface area contributed by atoms with E-state index >= 15 is 0 Å². The van der Waals surface area contributed by atoms with E-state index in [4.69, 9.17) is 16.9 Å². The van der Waals surface area contributed by atoms with Gasteiger partial charge in [0.25, 0.3) is 0 Å². The summed E-state index contributed by atoms with van der Waals surface area (Å²) in [4.78, 5) is 9.20. The maximum absolute atomic E-state index is 8.76. The Morgan fingerprint density at radius 3 is 2.68 bits per heavy atom. The van der Waals surface area contributed by atoms with Crippen LogP contribution in [0.2, 0.25) is 5.28 Å². The first-order chi connectivity index (χ1) is 9.26. The molecule has 2 aromatic heterocycles. The molecular formula is C13H7ClN4S. The third-order valence-electron chi connectivity index (χ3n) is 2.57. The Kier molecular flexibility index (Phi) is 3.03. The number of hydrogen-bond acceptors (Lipinski definition) is 5. The van der Waals surface area contributed by atoms with Gasteiger partial charge in [0.15, 0.2) is 0 Å². The van der Waals surface area contributed by atoms with Crippen LogP contribution < -0.4 is 5.32 Å². The Morgan fingerprint density at radius 1 is 1.16 bits per heavy atom. The summed E-state index contributed by atoms with van der Waals surface area (Å²) in [6, 6.07) is 11.2. The van der Waals surface area contributed by atoms with Crippen molar-refractivity contribution in [1.29, 1.82) is 5.26 Å². The van der Waals surface area contributed by atoms with Crippen LogP contribution in [0.15, 0.2) is 35.7 Å². The van der Waals surface area contributed by atoms with Crippen molar-refractivity contribution in [3.8, 4) is 6.07 Å². The molecule has 0 fully saturated rings. The normalized spacial score (nSPS) is 10.3. The lowest BCUT2D eigenvalue weighted by Gasteiger charge is -2.06. The predicted octanol–water partition coefficient (Wildman–Crippen LogP) is 3.96. The van der Waals surface area contributed by atoms with E-state index in [1.165, 1.54) is 11.3 Å². The van der Waals surface area contributed by atoms with Gasteiger partial charge in [0.1, 0.15) is 10.6 Å². The third-order valence-corrected chi connectivity index (χ3v) is 3.55. The summed E-state index contributed by atoms with van der Waals surface area (Å²) in [6.45, 7) is 0. The number of halogens is 1. The maximum atomic E-state index is 8.76. The van der Waals surface area contributed by atoms with Crippen molar-refractivity contribution < 1.29 is 0 Å². The number of benzene rings is 1. The minimum Gasteiger partial charge on any atom is -0.340 e. The topological polar surface area (TPSA) is 61.6 Å². The fourth-order valence-corrected chi connectivity index (χ4v) is 2.67. The van der Waals surface area contributed by atoms with Gasteiger partial charge in [-0.05, 0) is 47.3 Å². The number of thiophene rings is 1. The second-order valence-electron chi connectivity index (χ2n) is 3.79. The van der Waals surface area contributed by atoms with Crippen molar-refractivity contribution in [1.82, 2.24) is 9.97 Å². The summed E-state index contributed by atoms with van der Waals surface area (Å²) in [6.07, 6.45) is 0. The molecule has 2 heterocycles. The van der Waals surface area contributed by atoms with Gasteiger partial charge in [-0.1, -0.05) is 0 Å². The van der Waals surface area contributed by atoms with E-state index in [-0.39, 0.29) is 5.28 Å². The average Bonchev–Trinajstić information content (AvgIpc) is 2.88. The first kappa shape index (κ1) is 11.9. The lowest BCUT2D eigenvalue weighted by atomic mass is 10.2. The Bertz CT molecular complexity index is 773. The molecule has 0 aliphatic carbocycles. The van der Waals surface area contributed by atoms with Gasteiger partial charge >= 0.3 is 0 Å². The van der Waals surface area contributed by atoms with E-state index in [0.29, 0.717) is 11.4 Å². The molecule has 0 aliphatic rings. The standard InChI is InChI=1S/C13H7ClN4S/c14-13-17-11(10-5-6-19-12(10)18-13)16-9-3-1-8(7-15)2-4-9/h1-6H,(H,16,17,18). The van der Waals surface area contributed by atoms with Gasteiger partial charge in [-0.3, -0.25) is 0 Å². The Labute approximate surface area is 118 Å². The molecule has 92 valence electrons. The van der Waals surface area contributed by atoms with Gasteiger partial charge in [0, 0.05) is 5.69 Å². The Hall–Kier alpha value is -2.16. The molecule has 4 nitrogen and oxygen atoms in total. The van der Waals surface area contributed by atoms with Crippen LogP contribution in [-0.4, -0.2) is 9.97 Å². The number of nitrogens with zero attached hydrogens (tertiary/aromatic N) is 3. The number of anilines is 2. The van der Waals surface area contributed by atoms with Gasteiger partial charge in [-0.2, -0.15) is 10.2 Å². The van der Waals surface area contributed by atoms with Crippen LogP contribution >= 0.6 is 22.9 Å². The molecule has 19 heavy (non-hydrogen) atoms. The molecule has 0 aliphatic heterocycles. The number of rotatable bonds is 2. The van der Waals surface area contributed by atoms with E-state index in [2.05, 4.69) is 21.4 Å². The monoisotopic (exact) mass is 286 g/mol. The summed E-state index contributed by atoms with van der Waals surface area (Å²) in [5, 5.41) is 15.0. The number of hydrogen-bond donors (Lipinski definition) is 1. The minimum absolute atomic E-state index is 0.214. The lowest BCUT2D eigenvalue weighted by Crippen LogP contribution is -1.95. The van der Waals surface area contributed by atoms with Crippen LogP contribution in [0.5, 0.6) is 0 Å². The molecule has 0 saturated carbocycles. The van der Waals surface area contributed by atoms with Crippen LogP contribution in [-0.2, 0) is 0 Å². The summed E-state index contributed by atoms with van der Waals surface area (Å²) in [7, 11) is 0. The third kappa shape index (κ3) is 2.36. The largest absolute Gasteiger partial charge is 0.340 e. The number of aromatic nitrogens is 2. The number of fused-ring (bicyclic) bond motifs is 1. The molecule has 0 unspecified atom stereocenters. The van der Waals surface area contributed by atoms with E-state index < -0.39 is 0 Å². The van der Waals surface area contributed by atoms with Crippen molar-refractivity contribution in [2.45, 2.75) is 0 Å². The maximum Gasteiger partial charge on any atom is 0.225 e. The Balaban J connectivity index is 2.00. The first-order valence-corrected chi connectivity index (χ1v) is 6.70. The fourth-order valence-electron chi connectivity index (χ4n) is 1.69. The highest BCUT2D eigenvalue weighted by atomic mass is 35.5. The molecule has 0 amide bonds. The summed E-state index contributed by atoms with van der Waals surface area (Å²) in [5.74, 6) is 0.668. The fraction of sp³-hybridized carbons (Fsp3) is 0. The number of nitrogens with one attached hydrogen (secondary N) is 1. The van der Waals surface area contributed by atoms with Gasteiger partial charge in [0.05, 0.1) is 17.0 Å². The van der Waals surface area contributed by atoms with Gasteiger partial charge in [0.2, 0.25) is 5.28 Å². The zero-order chi connectivity index (χ0) is 13.2. The zero-order valence-electron chi connectivity index (χ0n) is 9.59. The smallest absolute Gasteiger partial charge is 0.225 e. The highest BCUT2D eigenvalue weighted by Gasteiger charge is 2.08. The predicted molar refractivity (Wildman–Crippen MR) is 76.9 cm³/mol. The minimum atomic E-state index is 0.214. The molecule has 1 N–H and O–H groups in total. The molecular weight excluding hydrogens is 280 g/mol. The van der Waals surface area contributed by atoms with Crippen molar-refractivity contribution in [3.63, 3.8) is 0 Å². The molecule has 3 rings (SSSR count). The molecule has 0 spiro atoms. The van der Waals surface area contributed by atoms with Gasteiger partial charge < -0.3 is 5.32 Å². The van der Waals surface area contributed by atoms with Gasteiger partial charge in [-0.25, -0.2) is 4.98 Å². The average molecular weight is 287 g/mol. The molecule has 6 heteroatoms. The van der Waals surface area contributed by atoms with E-state index in [9.17, 15) is 0 Å². The Morgan fingerprint density at radius 2 is 1.95 bits per heavy atom. The van der Waals surface area contributed by atoms with E-state index in [0.717, 1.165) is 15.9 Å². The lowest BCUT2D eigenvalue weighted by molar-refractivity contribution is 1.23. The summed E-state index contributed by atoms with van der Waals surface area (Å²) in [5.41, 5.74) is 1.47. The van der Waals surface area contributed by atoms with Gasteiger partial charge in [-0.15, -0.1) is 11.3 Å². The van der Waals surface area contributed by atoms with E-state index in [1.807, 2.05) is 23.6 Å². The van der Waals surface area contributed by atoms with Crippen molar-refractivity contribution in [2.24, 2.45) is 0 Å². The van der Waals surface area contributed by atoms with Crippen molar-refractivity contribution >= 4 is 44.7 Å². The van der Waals surface area contributed by atoms with Crippen LogP contribution in [0.1, 0.15) is 5.56 Å². The highest BCUT2D eigenvalue weighted by molar-refractivity contribution is 7.16. The molecule has 0 radical (unpaired) electrons. The van der Waals surface area contributed by atoms with Crippen LogP contribution in [0.4, 0.5) is 11.5 Å². The molecule has 0 atom stereocenters.